The first-order valence-corrected chi connectivity index (χ1v) is 6.50. The number of alkyl halides is 3. The number of para-hydroxylation sites is 1. The summed E-state index contributed by atoms with van der Waals surface area (Å²) in [4.78, 5) is 11.9. The van der Waals surface area contributed by atoms with E-state index in [1.807, 2.05) is 0 Å². The Morgan fingerprint density at radius 2 is 2.00 bits per heavy atom. The van der Waals surface area contributed by atoms with Crippen LogP contribution >= 0.6 is 0 Å². The predicted molar refractivity (Wildman–Crippen MR) is 70.7 cm³/mol. The summed E-state index contributed by atoms with van der Waals surface area (Å²) in [5.41, 5.74) is -0.101. The van der Waals surface area contributed by atoms with Crippen LogP contribution in [0.15, 0.2) is 29.8 Å². The van der Waals surface area contributed by atoms with Gasteiger partial charge in [-0.15, -0.1) is 0 Å². The number of hydrogen-bond acceptors (Lipinski definition) is 3. The van der Waals surface area contributed by atoms with Gasteiger partial charge in [-0.2, -0.15) is 13.2 Å². The van der Waals surface area contributed by atoms with Gasteiger partial charge in [0, 0.05) is 5.56 Å². The van der Waals surface area contributed by atoms with E-state index in [1.54, 1.807) is 32.0 Å². The molecule has 0 bridgehead atoms. The third-order valence-electron chi connectivity index (χ3n) is 2.84. The summed E-state index contributed by atoms with van der Waals surface area (Å²) in [6.07, 6.45) is -5.80. The molecule has 0 fully saturated rings. The number of esters is 1. The number of hydrogen-bond donors (Lipinski definition) is 0. The minimum absolute atomic E-state index is 0.0377. The average Bonchev–Trinajstić information content (AvgIpc) is 2.42. The lowest BCUT2D eigenvalue weighted by Gasteiger charge is -2.27. The molecule has 21 heavy (non-hydrogen) atoms. The van der Waals surface area contributed by atoms with Crippen LogP contribution in [-0.4, -0.2) is 24.9 Å². The van der Waals surface area contributed by atoms with E-state index in [2.05, 4.69) is 0 Å². The van der Waals surface area contributed by atoms with Crippen molar-refractivity contribution in [2.75, 3.05) is 6.61 Å². The maximum absolute atomic E-state index is 13.1. The molecule has 0 saturated carbocycles. The topological polar surface area (TPSA) is 35.5 Å². The van der Waals surface area contributed by atoms with Gasteiger partial charge in [0.25, 0.3) is 0 Å². The molecule has 6 heteroatoms. The van der Waals surface area contributed by atoms with Crippen LogP contribution in [-0.2, 0) is 9.53 Å². The van der Waals surface area contributed by atoms with Gasteiger partial charge < -0.3 is 9.47 Å². The lowest BCUT2D eigenvalue weighted by atomic mass is 10.0. The molecule has 0 N–H and O–H groups in total. The first-order valence-electron chi connectivity index (χ1n) is 6.50. The summed E-state index contributed by atoms with van der Waals surface area (Å²) in [6, 6.07) is 6.24. The van der Waals surface area contributed by atoms with Crippen LogP contribution < -0.4 is 4.74 Å². The van der Waals surface area contributed by atoms with Gasteiger partial charge in [-0.1, -0.05) is 32.0 Å². The molecule has 1 aromatic rings. The molecule has 1 aliphatic heterocycles. The summed E-state index contributed by atoms with van der Waals surface area (Å²) in [6.45, 7) is 3.66. The normalized spacial score (nSPS) is 17.8. The van der Waals surface area contributed by atoms with Gasteiger partial charge in [0.2, 0.25) is 6.10 Å². The molecule has 1 unspecified atom stereocenters. The molecule has 0 spiro atoms. The van der Waals surface area contributed by atoms with Gasteiger partial charge in [-0.3, -0.25) is 0 Å². The number of benzene rings is 1. The van der Waals surface area contributed by atoms with E-state index >= 15 is 0 Å². The largest absolute Gasteiger partial charge is 0.475 e. The average molecular weight is 300 g/mol. The molecule has 0 aromatic heterocycles. The molecule has 0 amide bonds. The van der Waals surface area contributed by atoms with Gasteiger partial charge >= 0.3 is 12.1 Å². The molecule has 114 valence electrons. The smallest absolute Gasteiger partial charge is 0.430 e. The van der Waals surface area contributed by atoms with Gasteiger partial charge in [0.1, 0.15) is 5.75 Å². The molecular formula is C15H15F3O3. The second-order valence-corrected chi connectivity index (χ2v) is 5.17. The monoisotopic (exact) mass is 300 g/mol. The van der Waals surface area contributed by atoms with Crippen LogP contribution in [0.5, 0.6) is 5.75 Å². The summed E-state index contributed by atoms with van der Waals surface area (Å²) in [5.74, 6) is -0.864. The van der Waals surface area contributed by atoms with Crippen molar-refractivity contribution in [3.8, 4) is 5.75 Å². The van der Waals surface area contributed by atoms with Gasteiger partial charge in [0.15, 0.2) is 0 Å². The Labute approximate surface area is 120 Å². The molecule has 0 aliphatic carbocycles. The highest BCUT2D eigenvalue weighted by atomic mass is 19.4. The standard InChI is InChI=1S/C15H15F3O3/c1-9(2)8-20-14(19)11-7-10-5-3-4-6-12(10)21-13(11)15(16,17)18/h3-7,9,13H,8H2,1-2H3. The molecular weight excluding hydrogens is 285 g/mol. The molecule has 1 atom stereocenters. The van der Waals surface area contributed by atoms with Crippen LogP contribution in [0, 0.1) is 5.92 Å². The van der Waals surface area contributed by atoms with Crippen LogP contribution in [0.4, 0.5) is 13.2 Å². The number of carbonyl (C=O) groups is 1. The van der Waals surface area contributed by atoms with Crippen LogP contribution in [0.3, 0.4) is 0 Å². The van der Waals surface area contributed by atoms with Crippen molar-refractivity contribution in [3.63, 3.8) is 0 Å². The number of rotatable bonds is 3. The fourth-order valence-corrected chi connectivity index (χ4v) is 1.88. The first kappa shape index (κ1) is 15.4. The SMILES string of the molecule is CC(C)COC(=O)C1=Cc2ccccc2OC1C(F)(F)F. The predicted octanol–water partition coefficient (Wildman–Crippen LogP) is 3.59. The van der Waals surface area contributed by atoms with Crippen molar-refractivity contribution in [3.05, 3.63) is 35.4 Å². The minimum atomic E-state index is -4.68. The van der Waals surface area contributed by atoms with E-state index in [0.29, 0.717) is 5.56 Å². The van der Waals surface area contributed by atoms with Crippen molar-refractivity contribution in [1.82, 2.24) is 0 Å². The van der Waals surface area contributed by atoms with Gasteiger partial charge in [-0.05, 0) is 18.1 Å². The highest BCUT2D eigenvalue weighted by Gasteiger charge is 2.48. The molecule has 0 radical (unpaired) electrons. The van der Waals surface area contributed by atoms with Crippen molar-refractivity contribution >= 4 is 12.0 Å². The van der Waals surface area contributed by atoms with Crippen LogP contribution in [0.2, 0.25) is 0 Å². The minimum Gasteiger partial charge on any atom is -0.475 e. The van der Waals surface area contributed by atoms with E-state index in [4.69, 9.17) is 9.47 Å². The summed E-state index contributed by atoms with van der Waals surface area (Å²) in [5, 5.41) is 0. The van der Waals surface area contributed by atoms with E-state index in [9.17, 15) is 18.0 Å². The number of ether oxygens (including phenoxy) is 2. The Balaban J connectivity index is 2.33. The maximum atomic E-state index is 13.1. The first-order chi connectivity index (χ1) is 9.79. The van der Waals surface area contributed by atoms with Gasteiger partial charge in [-0.25, -0.2) is 4.79 Å². The Hall–Kier alpha value is -1.98. The molecule has 0 saturated heterocycles. The summed E-state index contributed by atoms with van der Waals surface area (Å²) < 4.78 is 49.1. The van der Waals surface area contributed by atoms with Crippen molar-refractivity contribution < 1.29 is 27.4 Å². The number of carbonyl (C=O) groups excluding carboxylic acids is 1. The van der Waals surface area contributed by atoms with Crippen LogP contribution in [0.25, 0.3) is 6.08 Å². The third-order valence-corrected chi connectivity index (χ3v) is 2.84. The van der Waals surface area contributed by atoms with Crippen molar-refractivity contribution in [2.24, 2.45) is 5.92 Å². The maximum Gasteiger partial charge on any atom is 0.430 e. The zero-order valence-corrected chi connectivity index (χ0v) is 11.6. The lowest BCUT2D eigenvalue weighted by Crippen LogP contribution is -2.40. The second-order valence-electron chi connectivity index (χ2n) is 5.17. The van der Waals surface area contributed by atoms with E-state index < -0.39 is 23.8 Å². The van der Waals surface area contributed by atoms with Gasteiger partial charge in [0.05, 0.1) is 12.2 Å². The number of fused-ring (bicyclic) bond motifs is 1. The zero-order chi connectivity index (χ0) is 15.6. The Kier molecular flexibility index (Phi) is 4.25. The Bertz CT molecular complexity index is 562. The van der Waals surface area contributed by atoms with Crippen molar-refractivity contribution in [2.45, 2.75) is 26.1 Å². The fourth-order valence-electron chi connectivity index (χ4n) is 1.88. The Morgan fingerprint density at radius 3 is 2.62 bits per heavy atom. The molecule has 3 nitrogen and oxygen atoms in total. The van der Waals surface area contributed by atoms with E-state index in [1.165, 1.54) is 12.1 Å². The molecule has 1 heterocycles. The molecule has 1 aromatic carbocycles. The zero-order valence-electron chi connectivity index (χ0n) is 11.6. The Morgan fingerprint density at radius 1 is 1.33 bits per heavy atom. The number of halogens is 3. The molecule has 2 rings (SSSR count). The lowest BCUT2D eigenvalue weighted by molar-refractivity contribution is -0.188. The quantitative estimate of drug-likeness (QED) is 0.800. The van der Waals surface area contributed by atoms with E-state index in [-0.39, 0.29) is 18.3 Å². The van der Waals surface area contributed by atoms with Crippen LogP contribution in [0.1, 0.15) is 19.4 Å². The van der Waals surface area contributed by atoms with E-state index in [0.717, 1.165) is 0 Å². The summed E-state index contributed by atoms with van der Waals surface area (Å²) >= 11 is 0. The second kappa shape index (κ2) is 5.79. The highest BCUT2D eigenvalue weighted by molar-refractivity contribution is 5.96. The van der Waals surface area contributed by atoms with Crippen molar-refractivity contribution in [1.29, 1.82) is 0 Å². The summed E-state index contributed by atoms with van der Waals surface area (Å²) in [7, 11) is 0. The third kappa shape index (κ3) is 3.56. The fraction of sp³-hybridized carbons (Fsp3) is 0.400. The highest BCUT2D eigenvalue weighted by Crippen LogP contribution is 2.37. The molecule has 1 aliphatic rings.